The smallest absolute Gasteiger partial charge is 0.0490 e. The molecule has 0 aromatic carbocycles. The van der Waals surface area contributed by atoms with Gasteiger partial charge in [-0.1, -0.05) is 6.07 Å². The van der Waals surface area contributed by atoms with E-state index in [2.05, 4.69) is 35.5 Å². The molecular weight excluding hydrogens is 222 g/mol. The largest absolute Gasteiger partial charge is 0.344 e. The van der Waals surface area contributed by atoms with Crippen LogP contribution in [0.3, 0.4) is 0 Å². The summed E-state index contributed by atoms with van der Waals surface area (Å²) in [6.07, 6.45) is 5.87. The Kier molecular flexibility index (Phi) is 4.15. The van der Waals surface area contributed by atoms with Gasteiger partial charge < -0.3 is 10.3 Å². The van der Waals surface area contributed by atoms with Gasteiger partial charge in [0.1, 0.15) is 0 Å². The quantitative estimate of drug-likeness (QED) is 0.876. The van der Waals surface area contributed by atoms with E-state index in [1.165, 1.54) is 22.5 Å². The minimum atomic E-state index is 0.756. The van der Waals surface area contributed by atoms with E-state index < -0.39 is 0 Å². The summed E-state index contributed by atoms with van der Waals surface area (Å²) in [6.45, 7) is 6.00. The Labute approximate surface area is 109 Å². The van der Waals surface area contributed by atoms with Gasteiger partial charge in [0.05, 0.1) is 0 Å². The third-order valence-electron chi connectivity index (χ3n) is 3.39. The van der Waals surface area contributed by atoms with Crippen LogP contribution in [0.25, 0.3) is 0 Å². The molecule has 18 heavy (non-hydrogen) atoms. The van der Waals surface area contributed by atoms with Crippen molar-refractivity contribution >= 4 is 0 Å². The summed E-state index contributed by atoms with van der Waals surface area (Å²) < 4.78 is 2.35. The first-order valence-corrected chi connectivity index (χ1v) is 6.47. The zero-order valence-corrected chi connectivity index (χ0v) is 11.2. The molecular formula is C15H21N3. The number of aromatic nitrogens is 2. The molecule has 0 saturated heterocycles. The molecule has 0 aliphatic heterocycles. The zero-order valence-electron chi connectivity index (χ0n) is 11.2. The van der Waals surface area contributed by atoms with Crippen molar-refractivity contribution < 1.29 is 0 Å². The lowest BCUT2D eigenvalue weighted by atomic mass is 10.1. The third-order valence-corrected chi connectivity index (χ3v) is 3.39. The standard InChI is InChI=1S/C15H21N3/c1-12-9-15(6-3-7-16)13(2)18(12)11-14-5-4-8-17-10-14/h4-5,8-10H,3,6-7,11,16H2,1-2H3. The lowest BCUT2D eigenvalue weighted by Crippen LogP contribution is -2.05. The van der Waals surface area contributed by atoms with E-state index in [0.29, 0.717) is 0 Å². The Balaban J connectivity index is 2.20. The molecule has 0 aliphatic rings. The second-order valence-corrected chi connectivity index (χ2v) is 4.74. The number of pyridine rings is 1. The first-order valence-electron chi connectivity index (χ1n) is 6.47. The van der Waals surface area contributed by atoms with E-state index >= 15 is 0 Å². The number of hydrogen-bond acceptors (Lipinski definition) is 2. The maximum atomic E-state index is 5.58. The van der Waals surface area contributed by atoms with Crippen LogP contribution < -0.4 is 5.73 Å². The third kappa shape index (κ3) is 2.79. The van der Waals surface area contributed by atoms with Crippen molar-refractivity contribution in [1.29, 1.82) is 0 Å². The van der Waals surface area contributed by atoms with Gasteiger partial charge in [-0.3, -0.25) is 4.98 Å². The van der Waals surface area contributed by atoms with Gasteiger partial charge in [0.15, 0.2) is 0 Å². The fourth-order valence-corrected chi connectivity index (χ4v) is 2.34. The maximum Gasteiger partial charge on any atom is 0.0490 e. The van der Waals surface area contributed by atoms with E-state index in [9.17, 15) is 0 Å². The first kappa shape index (κ1) is 12.8. The summed E-state index contributed by atoms with van der Waals surface area (Å²) in [7, 11) is 0. The fraction of sp³-hybridized carbons (Fsp3) is 0.400. The van der Waals surface area contributed by atoms with Gasteiger partial charge in [-0.15, -0.1) is 0 Å². The molecule has 96 valence electrons. The van der Waals surface area contributed by atoms with E-state index in [0.717, 1.165) is 25.9 Å². The summed E-state index contributed by atoms with van der Waals surface area (Å²) in [5.74, 6) is 0. The summed E-state index contributed by atoms with van der Waals surface area (Å²) in [5.41, 5.74) is 10.9. The van der Waals surface area contributed by atoms with Gasteiger partial charge in [0.25, 0.3) is 0 Å². The minimum absolute atomic E-state index is 0.756. The SMILES string of the molecule is Cc1cc(CCCN)c(C)n1Cc1cccnc1. The highest BCUT2D eigenvalue weighted by Gasteiger charge is 2.08. The maximum absolute atomic E-state index is 5.58. The van der Waals surface area contributed by atoms with Crippen LogP contribution in [0.15, 0.2) is 30.6 Å². The van der Waals surface area contributed by atoms with Crippen molar-refractivity contribution in [2.24, 2.45) is 5.73 Å². The van der Waals surface area contributed by atoms with Crippen molar-refractivity contribution in [3.05, 3.63) is 53.1 Å². The number of rotatable bonds is 5. The second kappa shape index (κ2) is 5.83. The highest BCUT2D eigenvalue weighted by molar-refractivity contribution is 5.28. The minimum Gasteiger partial charge on any atom is -0.344 e. The molecule has 0 bridgehead atoms. The van der Waals surface area contributed by atoms with Crippen molar-refractivity contribution in [2.75, 3.05) is 6.54 Å². The van der Waals surface area contributed by atoms with Crippen molar-refractivity contribution in [3.8, 4) is 0 Å². The van der Waals surface area contributed by atoms with Gasteiger partial charge >= 0.3 is 0 Å². The Morgan fingerprint density at radius 1 is 1.33 bits per heavy atom. The number of nitrogens with zero attached hydrogens (tertiary/aromatic N) is 2. The molecule has 0 fully saturated rings. The Hall–Kier alpha value is -1.61. The molecule has 0 spiro atoms. The molecule has 0 radical (unpaired) electrons. The Bertz CT molecular complexity index is 500. The average molecular weight is 243 g/mol. The van der Waals surface area contributed by atoms with Crippen molar-refractivity contribution in [1.82, 2.24) is 9.55 Å². The van der Waals surface area contributed by atoms with E-state index in [4.69, 9.17) is 5.73 Å². The number of aryl methyl sites for hydroxylation is 2. The summed E-state index contributed by atoms with van der Waals surface area (Å²) in [6, 6.07) is 6.38. The zero-order chi connectivity index (χ0) is 13.0. The van der Waals surface area contributed by atoms with Crippen molar-refractivity contribution in [2.45, 2.75) is 33.2 Å². The van der Waals surface area contributed by atoms with Crippen molar-refractivity contribution in [3.63, 3.8) is 0 Å². The van der Waals surface area contributed by atoms with Crippen LogP contribution in [0.2, 0.25) is 0 Å². The van der Waals surface area contributed by atoms with Gasteiger partial charge in [0.2, 0.25) is 0 Å². The molecule has 2 rings (SSSR count). The number of nitrogens with two attached hydrogens (primary N) is 1. The second-order valence-electron chi connectivity index (χ2n) is 4.74. The van der Waals surface area contributed by atoms with Crippen LogP contribution in [-0.2, 0) is 13.0 Å². The van der Waals surface area contributed by atoms with Crippen LogP contribution in [0, 0.1) is 13.8 Å². The fourth-order valence-electron chi connectivity index (χ4n) is 2.34. The van der Waals surface area contributed by atoms with Crippen LogP contribution in [0.1, 0.15) is 28.9 Å². The Morgan fingerprint density at radius 3 is 2.83 bits per heavy atom. The average Bonchev–Trinajstić information content (AvgIpc) is 2.65. The monoisotopic (exact) mass is 243 g/mol. The van der Waals surface area contributed by atoms with Gasteiger partial charge in [-0.2, -0.15) is 0 Å². The highest BCUT2D eigenvalue weighted by atomic mass is 15.0. The molecule has 0 unspecified atom stereocenters. The Morgan fingerprint density at radius 2 is 2.17 bits per heavy atom. The van der Waals surface area contributed by atoms with E-state index in [1.54, 1.807) is 0 Å². The van der Waals surface area contributed by atoms with Crippen LogP contribution >= 0.6 is 0 Å². The molecule has 3 nitrogen and oxygen atoms in total. The van der Waals surface area contributed by atoms with Crippen LogP contribution in [-0.4, -0.2) is 16.1 Å². The summed E-state index contributed by atoms with van der Waals surface area (Å²) in [4.78, 5) is 4.17. The van der Waals surface area contributed by atoms with Gasteiger partial charge in [-0.25, -0.2) is 0 Å². The van der Waals surface area contributed by atoms with Crippen LogP contribution in [0.4, 0.5) is 0 Å². The molecule has 0 amide bonds. The van der Waals surface area contributed by atoms with Crippen LogP contribution in [0.5, 0.6) is 0 Å². The lowest BCUT2D eigenvalue weighted by molar-refractivity contribution is 0.736. The molecule has 2 heterocycles. The molecule has 0 saturated carbocycles. The molecule has 0 atom stereocenters. The predicted molar refractivity (Wildman–Crippen MR) is 74.6 cm³/mol. The van der Waals surface area contributed by atoms with Gasteiger partial charge in [0, 0.05) is 30.3 Å². The predicted octanol–water partition coefficient (Wildman–Crippen LogP) is 2.44. The topological polar surface area (TPSA) is 43.8 Å². The molecule has 3 heteroatoms. The van der Waals surface area contributed by atoms with E-state index in [1.807, 2.05) is 18.5 Å². The molecule has 0 aliphatic carbocycles. The molecule has 2 aromatic heterocycles. The highest BCUT2D eigenvalue weighted by Crippen LogP contribution is 2.18. The molecule has 2 aromatic rings. The lowest BCUT2D eigenvalue weighted by Gasteiger charge is -2.09. The first-order chi connectivity index (χ1) is 8.72. The summed E-state index contributed by atoms with van der Waals surface area (Å²) in [5, 5.41) is 0. The van der Waals surface area contributed by atoms with Gasteiger partial charge in [-0.05, 0) is 56.5 Å². The number of hydrogen-bond donors (Lipinski definition) is 1. The molecule has 2 N–H and O–H groups in total. The summed E-state index contributed by atoms with van der Waals surface area (Å²) >= 11 is 0. The van der Waals surface area contributed by atoms with E-state index in [-0.39, 0.29) is 0 Å². The normalized spacial score (nSPS) is 10.8.